The van der Waals surface area contributed by atoms with Gasteiger partial charge in [0.2, 0.25) is 0 Å². The largest absolute Gasteiger partial charge is 0.496 e. The fraction of sp³-hybridized carbons (Fsp3) is 0.118. The second-order valence-corrected chi connectivity index (χ2v) is 6.48. The fourth-order valence-corrected chi connectivity index (χ4v) is 3.77. The number of aromatic nitrogens is 2. The topological polar surface area (TPSA) is 58.8 Å². The summed E-state index contributed by atoms with van der Waals surface area (Å²) >= 11 is 3.17. The SMILES string of the molecule is COc1ccccc1-c1nc(CSc2cc(C#N)ccn2)cs1. The first kappa shape index (κ1) is 15.5. The highest BCUT2D eigenvalue weighted by atomic mass is 32.2. The van der Waals surface area contributed by atoms with Gasteiger partial charge < -0.3 is 4.74 Å². The maximum atomic E-state index is 8.92. The van der Waals surface area contributed by atoms with E-state index in [1.807, 2.05) is 29.6 Å². The Morgan fingerprint density at radius 2 is 2.17 bits per heavy atom. The van der Waals surface area contributed by atoms with Crippen molar-refractivity contribution in [3.8, 4) is 22.4 Å². The summed E-state index contributed by atoms with van der Waals surface area (Å²) in [6, 6.07) is 13.5. The number of nitriles is 1. The zero-order valence-corrected chi connectivity index (χ0v) is 14.0. The van der Waals surface area contributed by atoms with Crippen LogP contribution in [0, 0.1) is 11.3 Å². The quantitative estimate of drug-likeness (QED) is 0.646. The normalized spacial score (nSPS) is 10.3. The molecule has 0 atom stereocenters. The average molecular weight is 339 g/mol. The van der Waals surface area contributed by atoms with Gasteiger partial charge in [0, 0.05) is 17.3 Å². The molecule has 1 aromatic carbocycles. The highest BCUT2D eigenvalue weighted by Crippen LogP contribution is 2.33. The lowest BCUT2D eigenvalue weighted by Gasteiger charge is -2.04. The summed E-state index contributed by atoms with van der Waals surface area (Å²) < 4.78 is 5.38. The van der Waals surface area contributed by atoms with E-state index >= 15 is 0 Å². The Labute approximate surface area is 142 Å². The van der Waals surface area contributed by atoms with Crippen molar-refractivity contribution in [1.82, 2.24) is 9.97 Å². The molecule has 0 bridgehead atoms. The smallest absolute Gasteiger partial charge is 0.129 e. The number of rotatable bonds is 5. The Morgan fingerprint density at radius 1 is 1.30 bits per heavy atom. The summed E-state index contributed by atoms with van der Waals surface area (Å²) in [5, 5.41) is 12.7. The van der Waals surface area contributed by atoms with Crippen molar-refractivity contribution in [3.63, 3.8) is 0 Å². The van der Waals surface area contributed by atoms with Crippen LogP contribution in [0.5, 0.6) is 5.75 Å². The van der Waals surface area contributed by atoms with Gasteiger partial charge >= 0.3 is 0 Å². The van der Waals surface area contributed by atoms with Crippen LogP contribution in [0.25, 0.3) is 10.6 Å². The molecule has 0 saturated heterocycles. The molecule has 0 spiro atoms. The summed E-state index contributed by atoms with van der Waals surface area (Å²) in [6.45, 7) is 0. The van der Waals surface area contributed by atoms with Crippen molar-refractivity contribution in [3.05, 3.63) is 59.2 Å². The van der Waals surface area contributed by atoms with E-state index in [2.05, 4.69) is 16.0 Å². The van der Waals surface area contributed by atoms with E-state index in [1.54, 1.807) is 48.5 Å². The first-order valence-electron chi connectivity index (χ1n) is 6.87. The highest BCUT2D eigenvalue weighted by Gasteiger charge is 2.10. The lowest BCUT2D eigenvalue weighted by Crippen LogP contribution is -1.88. The van der Waals surface area contributed by atoms with Gasteiger partial charge in [0.05, 0.1) is 35.0 Å². The van der Waals surface area contributed by atoms with Gasteiger partial charge in [-0.25, -0.2) is 9.97 Å². The van der Waals surface area contributed by atoms with E-state index < -0.39 is 0 Å². The number of methoxy groups -OCH3 is 1. The summed E-state index contributed by atoms with van der Waals surface area (Å²) in [6.07, 6.45) is 1.65. The first-order chi connectivity index (χ1) is 11.3. The van der Waals surface area contributed by atoms with Gasteiger partial charge in [-0.2, -0.15) is 5.26 Å². The molecule has 0 aliphatic carbocycles. The Hall–Kier alpha value is -2.36. The third-order valence-corrected chi connectivity index (χ3v) is 5.00. The minimum atomic E-state index is 0.621. The molecule has 0 aliphatic heterocycles. The van der Waals surface area contributed by atoms with E-state index in [0.29, 0.717) is 11.3 Å². The minimum Gasteiger partial charge on any atom is -0.496 e. The van der Waals surface area contributed by atoms with Crippen molar-refractivity contribution in [2.45, 2.75) is 10.8 Å². The van der Waals surface area contributed by atoms with Crippen molar-refractivity contribution < 1.29 is 4.74 Å². The van der Waals surface area contributed by atoms with Gasteiger partial charge in [0.15, 0.2) is 0 Å². The molecule has 0 fully saturated rings. The third kappa shape index (κ3) is 3.70. The van der Waals surface area contributed by atoms with E-state index in [4.69, 9.17) is 10.00 Å². The number of nitrogens with zero attached hydrogens (tertiary/aromatic N) is 3. The molecule has 0 unspecified atom stereocenters. The Morgan fingerprint density at radius 3 is 3.00 bits per heavy atom. The van der Waals surface area contributed by atoms with Gasteiger partial charge in [-0.3, -0.25) is 0 Å². The van der Waals surface area contributed by atoms with E-state index in [1.165, 1.54) is 0 Å². The fourth-order valence-electron chi connectivity index (χ4n) is 2.02. The van der Waals surface area contributed by atoms with Crippen LogP contribution in [0.4, 0.5) is 0 Å². The van der Waals surface area contributed by atoms with Crippen LogP contribution in [0.15, 0.2) is 53.0 Å². The first-order valence-corrected chi connectivity index (χ1v) is 8.73. The minimum absolute atomic E-state index is 0.621. The molecule has 2 heterocycles. The predicted molar refractivity (Wildman–Crippen MR) is 92.6 cm³/mol. The van der Waals surface area contributed by atoms with Gasteiger partial charge in [-0.05, 0) is 24.3 Å². The Kier molecular flexibility index (Phi) is 4.91. The van der Waals surface area contributed by atoms with E-state index in [9.17, 15) is 0 Å². The molecule has 0 amide bonds. The second kappa shape index (κ2) is 7.27. The number of thiazole rings is 1. The number of thioether (sulfide) groups is 1. The van der Waals surface area contributed by atoms with E-state index in [0.717, 1.165) is 27.0 Å². The molecule has 2 aromatic heterocycles. The molecule has 6 heteroatoms. The standard InChI is InChI=1S/C17H13N3OS2/c1-21-15-5-3-2-4-14(15)17-20-13(11-23-17)10-22-16-8-12(9-18)6-7-19-16/h2-8,11H,10H2,1H3. The van der Waals surface area contributed by atoms with Crippen molar-refractivity contribution in [2.24, 2.45) is 0 Å². The summed E-state index contributed by atoms with van der Waals surface area (Å²) in [7, 11) is 1.66. The van der Waals surface area contributed by atoms with Gasteiger partial charge in [0.25, 0.3) is 0 Å². The van der Waals surface area contributed by atoms with Gasteiger partial charge in [-0.1, -0.05) is 23.9 Å². The maximum absolute atomic E-state index is 8.92. The Bertz CT molecular complexity index is 855. The Balaban J connectivity index is 1.73. The van der Waals surface area contributed by atoms with Crippen molar-refractivity contribution in [1.29, 1.82) is 5.26 Å². The number of ether oxygens (including phenoxy) is 1. The molecule has 3 rings (SSSR count). The van der Waals surface area contributed by atoms with Crippen molar-refractivity contribution in [2.75, 3.05) is 7.11 Å². The lowest BCUT2D eigenvalue weighted by molar-refractivity contribution is 0.416. The zero-order valence-electron chi connectivity index (χ0n) is 12.4. The molecule has 0 N–H and O–H groups in total. The van der Waals surface area contributed by atoms with Crippen LogP contribution in [-0.4, -0.2) is 17.1 Å². The van der Waals surface area contributed by atoms with Crippen LogP contribution < -0.4 is 4.74 Å². The zero-order chi connectivity index (χ0) is 16.1. The molecule has 23 heavy (non-hydrogen) atoms. The van der Waals surface area contributed by atoms with Crippen LogP contribution in [0.1, 0.15) is 11.3 Å². The number of para-hydroxylation sites is 1. The van der Waals surface area contributed by atoms with Crippen LogP contribution >= 0.6 is 23.1 Å². The predicted octanol–water partition coefficient (Wildman–Crippen LogP) is 4.38. The maximum Gasteiger partial charge on any atom is 0.129 e. The van der Waals surface area contributed by atoms with Crippen LogP contribution in [0.3, 0.4) is 0 Å². The number of hydrogen-bond acceptors (Lipinski definition) is 6. The third-order valence-electron chi connectivity index (χ3n) is 3.12. The van der Waals surface area contributed by atoms with Gasteiger partial charge in [0.1, 0.15) is 10.8 Å². The summed E-state index contributed by atoms with van der Waals surface area (Å²) in [5.41, 5.74) is 2.61. The molecular formula is C17H13N3OS2. The van der Waals surface area contributed by atoms with Crippen LogP contribution in [-0.2, 0) is 5.75 Å². The number of pyridine rings is 1. The summed E-state index contributed by atoms with van der Waals surface area (Å²) in [4.78, 5) is 8.93. The molecule has 3 aromatic rings. The van der Waals surface area contributed by atoms with Crippen molar-refractivity contribution >= 4 is 23.1 Å². The monoisotopic (exact) mass is 339 g/mol. The molecule has 0 saturated carbocycles. The molecular weight excluding hydrogens is 326 g/mol. The highest BCUT2D eigenvalue weighted by molar-refractivity contribution is 7.98. The molecule has 114 valence electrons. The second-order valence-electron chi connectivity index (χ2n) is 4.63. The number of benzene rings is 1. The molecule has 0 radical (unpaired) electrons. The molecule has 0 aliphatic rings. The van der Waals surface area contributed by atoms with E-state index in [-0.39, 0.29) is 0 Å². The number of hydrogen-bond donors (Lipinski definition) is 0. The average Bonchev–Trinajstić information content (AvgIpc) is 3.09. The van der Waals surface area contributed by atoms with Gasteiger partial charge in [-0.15, -0.1) is 11.3 Å². The van der Waals surface area contributed by atoms with Crippen LogP contribution in [0.2, 0.25) is 0 Å². The lowest BCUT2D eigenvalue weighted by atomic mass is 10.2. The molecule has 4 nitrogen and oxygen atoms in total. The summed E-state index contributed by atoms with van der Waals surface area (Å²) in [5.74, 6) is 1.54.